The molecule has 0 amide bonds. The second-order valence-electron chi connectivity index (χ2n) is 8.15. The first-order chi connectivity index (χ1) is 15.8. The Morgan fingerprint density at radius 3 is 2.15 bits per heavy atom. The Balaban J connectivity index is 1.78. The van der Waals surface area contributed by atoms with Gasteiger partial charge in [-0.2, -0.15) is 0 Å². The van der Waals surface area contributed by atoms with Gasteiger partial charge in [-0.05, 0) is 74.7 Å². The number of rotatable bonds is 6. The summed E-state index contributed by atoms with van der Waals surface area (Å²) >= 11 is 0. The van der Waals surface area contributed by atoms with Gasteiger partial charge in [0.15, 0.2) is 11.6 Å². The van der Waals surface area contributed by atoms with E-state index >= 15 is 0 Å². The van der Waals surface area contributed by atoms with Gasteiger partial charge in [-0.25, -0.2) is 14.4 Å². The number of ketones is 1. The number of pyridine rings is 1. The van der Waals surface area contributed by atoms with Crippen molar-refractivity contribution in [3.05, 3.63) is 94.7 Å². The van der Waals surface area contributed by atoms with E-state index in [2.05, 4.69) is 9.97 Å². The first-order valence-electron chi connectivity index (χ1n) is 10.8. The van der Waals surface area contributed by atoms with Crippen molar-refractivity contribution >= 4 is 11.6 Å². The smallest absolute Gasteiger partial charge is 0.185 e. The van der Waals surface area contributed by atoms with E-state index in [1.807, 2.05) is 57.2 Å². The molecule has 0 saturated heterocycles. The largest absolute Gasteiger partial charge is 0.382 e. The molecule has 0 bridgehead atoms. The quantitative estimate of drug-likeness (QED) is 0.391. The molecule has 0 aliphatic carbocycles. The number of hydrogen-bond acceptors (Lipinski definition) is 5. The van der Waals surface area contributed by atoms with E-state index in [1.165, 1.54) is 12.1 Å². The molecule has 0 aliphatic rings. The fourth-order valence-corrected chi connectivity index (χ4v) is 3.89. The van der Waals surface area contributed by atoms with Gasteiger partial charge >= 0.3 is 0 Å². The Kier molecular flexibility index (Phi) is 6.27. The number of hydrogen-bond donors (Lipinski definition) is 1. The number of carbonyl (C=O) groups is 1. The van der Waals surface area contributed by atoms with Crippen LogP contribution in [0.5, 0.6) is 0 Å². The second kappa shape index (κ2) is 9.28. The van der Waals surface area contributed by atoms with Crippen LogP contribution in [0.2, 0.25) is 0 Å². The first kappa shape index (κ1) is 22.3. The van der Waals surface area contributed by atoms with Crippen LogP contribution in [0.15, 0.2) is 60.7 Å². The van der Waals surface area contributed by atoms with Crippen molar-refractivity contribution in [1.29, 1.82) is 0 Å². The molecule has 2 N–H and O–H groups in total. The maximum atomic E-state index is 13.5. The zero-order chi connectivity index (χ0) is 23.5. The minimum Gasteiger partial charge on any atom is -0.382 e. The van der Waals surface area contributed by atoms with E-state index in [9.17, 15) is 9.18 Å². The molecule has 0 radical (unpaired) electrons. The van der Waals surface area contributed by atoms with Gasteiger partial charge in [-0.15, -0.1) is 0 Å². The van der Waals surface area contributed by atoms with Crippen molar-refractivity contribution in [1.82, 2.24) is 15.0 Å². The third kappa shape index (κ3) is 4.95. The van der Waals surface area contributed by atoms with Gasteiger partial charge < -0.3 is 5.73 Å². The molecule has 4 aromatic rings. The number of Topliss-reactive ketones (excluding diaryl/α,β-unsaturated/α-hetero) is 1. The van der Waals surface area contributed by atoms with Crippen molar-refractivity contribution in [2.45, 2.75) is 33.6 Å². The van der Waals surface area contributed by atoms with Crippen LogP contribution >= 0.6 is 0 Å². The van der Waals surface area contributed by atoms with Crippen LogP contribution in [0.1, 0.15) is 39.4 Å². The standard InChI is InChI=1S/C27H25FN4O/c1-16-6-4-5-7-19(16)10-13-23(33)26-27(29)32-24(20-8-11-22(28)12-9-20)25(31-26)21-14-17(2)30-18(3)15-21/h4-9,11-12,14-15H,10,13H2,1-3H3,(H2,29,32). The monoisotopic (exact) mass is 440 g/mol. The lowest BCUT2D eigenvalue weighted by Gasteiger charge is -2.14. The van der Waals surface area contributed by atoms with Gasteiger partial charge in [0.2, 0.25) is 0 Å². The molecular weight excluding hydrogens is 415 g/mol. The van der Waals surface area contributed by atoms with Crippen LogP contribution in [0.4, 0.5) is 10.2 Å². The number of halogens is 1. The fourth-order valence-electron chi connectivity index (χ4n) is 3.89. The fraction of sp³-hybridized carbons (Fsp3) is 0.185. The minimum absolute atomic E-state index is 0.0651. The van der Waals surface area contributed by atoms with Crippen molar-refractivity contribution < 1.29 is 9.18 Å². The Morgan fingerprint density at radius 2 is 1.48 bits per heavy atom. The molecule has 0 spiro atoms. The second-order valence-corrected chi connectivity index (χ2v) is 8.15. The van der Waals surface area contributed by atoms with Crippen molar-refractivity contribution in [2.75, 3.05) is 5.73 Å². The predicted octanol–water partition coefficient (Wildman–Crippen LogP) is 5.67. The van der Waals surface area contributed by atoms with Crippen LogP contribution < -0.4 is 5.73 Å². The van der Waals surface area contributed by atoms with Crippen LogP contribution in [-0.2, 0) is 6.42 Å². The zero-order valence-electron chi connectivity index (χ0n) is 18.9. The van der Waals surface area contributed by atoms with E-state index in [0.717, 1.165) is 28.1 Å². The normalized spacial score (nSPS) is 10.9. The zero-order valence-corrected chi connectivity index (χ0v) is 18.9. The van der Waals surface area contributed by atoms with E-state index in [1.54, 1.807) is 12.1 Å². The van der Waals surface area contributed by atoms with Gasteiger partial charge in [0, 0.05) is 28.9 Å². The number of anilines is 1. The summed E-state index contributed by atoms with van der Waals surface area (Å²) in [7, 11) is 0. The number of benzene rings is 2. The summed E-state index contributed by atoms with van der Waals surface area (Å²) in [5, 5.41) is 0. The van der Waals surface area contributed by atoms with Crippen molar-refractivity contribution in [2.24, 2.45) is 0 Å². The summed E-state index contributed by atoms with van der Waals surface area (Å²) in [4.78, 5) is 26.8. The average molecular weight is 441 g/mol. The molecule has 0 unspecified atom stereocenters. The molecule has 0 aliphatic heterocycles. The molecule has 33 heavy (non-hydrogen) atoms. The molecular formula is C27H25FN4O. The Morgan fingerprint density at radius 1 is 0.848 bits per heavy atom. The average Bonchev–Trinajstić information content (AvgIpc) is 2.78. The number of nitrogens with zero attached hydrogens (tertiary/aromatic N) is 3. The third-order valence-electron chi connectivity index (χ3n) is 5.54. The minimum atomic E-state index is -0.347. The lowest BCUT2D eigenvalue weighted by molar-refractivity contribution is 0.0979. The lowest BCUT2D eigenvalue weighted by Crippen LogP contribution is -2.12. The van der Waals surface area contributed by atoms with Crippen molar-refractivity contribution in [3.63, 3.8) is 0 Å². The highest BCUT2D eigenvalue weighted by molar-refractivity contribution is 5.99. The molecule has 0 fully saturated rings. The van der Waals surface area contributed by atoms with Gasteiger partial charge in [-0.1, -0.05) is 24.3 Å². The number of nitrogens with two attached hydrogens (primary N) is 1. The van der Waals surface area contributed by atoms with Crippen LogP contribution in [0.3, 0.4) is 0 Å². The number of nitrogen functional groups attached to an aromatic ring is 1. The van der Waals surface area contributed by atoms with Crippen LogP contribution in [0.25, 0.3) is 22.5 Å². The van der Waals surface area contributed by atoms with Gasteiger partial charge in [0.05, 0.1) is 11.4 Å². The highest BCUT2D eigenvalue weighted by atomic mass is 19.1. The van der Waals surface area contributed by atoms with Crippen LogP contribution in [0, 0.1) is 26.6 Å². The molecule has 2 heterocycles. The van der Waals surface area contributed by atoms with E-state index in [-0.39, 0.29) is 29.5 Å². The first-order valence-corrected chi connectivity index (χ1v) is 10.8. The Hall–Kier alpha value is -3.93. The summed E-state index contributed by atoms with van der Waals surface area (Å²) in [5.41, 5.74) is 12.7. The lowest BCUT2D eigenvalue weighted by atomic mass is 10.0. The summed E-state index contributed by atoms with van der Waals surface area (Å²) < 4.78 is 13.5. The molecule has 2 aromatic heterocycles. The SMILES string of the molecule is Cc1cc(-c2nc(C(=O)CCc3ccccc3C)c(N)nc2-c2ccc(F)cc2)cc(C)n1. The topological polar surface area (TPSA) is 81.8 Å². The summed E-state index contributed by atoms with van der Waals surface area (Å²) in [6, 6.07) is 17.7. The van der Waals surface area contributed by atoms with Gasteiger partial charge in [-0.3, -0.25) is 9.78 Å². The highest BCUT2D eigenvalue weighted by Gasteiger charge is 2.20. The molecule has 0 saturated carbocycles. The molecule has 2 aromatic carbocycles. The molecule has 0 atom stereocenters. The Labute approximate surface area is 192 Å². The Bertz CT molecular complexity index is 1310. The van der Waals surface area contributed by atoms with Crippen molar-refractivity contribution in [3.8, 4) is 22.5 Å². The van der Waals surface area contributed by atoms with Gasteiger partial charge in [0.25, 0.3) is 0 Å². The maximum Gasteiger partial charge on any atom is 0.185 e. The number of aromatic nitrogens is 3. The third-order valence-corrected chi connectivity index (χ3v) is 5.54. The number of aryl methyl sites for hydroxylation is 4. The number of carbonyl (C=O) groups excluding carboxylic acids is 1. The molecule has 4 rings (SSSR count). The summed E-state index contributed by atoms with van der Waals surface area (Å²) in [6.07, 6.45) is 0.864. The van der Waals surface area contributed by atoms with E-state index in [0.29, 0.717) is 23.4 Å². The molecule has 6 heteroatoms. The maximum absolute atomic E-state index is 13.5. The van der Waals surface area contributed by atoms with E-state index < -0.39 is 0 Å². The highest BCUT2D eigenvalue weighted by Crippen LogP contribution is 2.32. The summed E-state index contributed by atoms with van der Waals surface area (Å²) in [6.45, 7) is 5.82. The summed E-state index contributed by atoms with van der Waals surface area (Å²) in [5.74, 6) is -0.451. The molecule has 166 valence electrons. The predicted molar refractivity (Wildman–Crippen MR) is 128 cm³/mol. The van der Waals surface area contributed by atoms with Crippen LogP contribution in [-0.4, -0.2) is 20.7 Å². The van der Waals surface area contributed by atoms with Gasteiger partial charge in [0.1, 0.15) is 11.5 Å². The van der Waals surface area contributed by atoms with E-state index in [4.69, 9.17) is 10.7 Å². The molecule has 5 nitrogen and oxygen atoms in total.